The van der Waals surface area contributed by atoms with Crippen molar-refractivity contribution in [2.24, 2.45) is 16.3 Å². The largest absolute Gasteiger partial charge is 0.443 e. The predicted octanol–water partition coefficient (Wildman–Crippen LogP) is 7.21. The molecule has 44 heavy (non-hydrogen) atoms. The summed E-state index contributed by atoms with van der Waals surface area (Å²) in [6, 6.07) is 18.6. The van der Waals surface area contributed by atoms with Gasteiger partial charge in [0, 0.05) is 23.1 Å². The smallest absolute Gasteiger partial charge is 0.398 e. The lowest BCUT2D eigenvalue weighted by molar-refractivity contribution is -0.177. The lowest BCUT2D eigenvalue weighted by atomic mass is 9.80. The van der Waals surface area contributed by atoms with Crippen molar-refractivity contribution in [2.75, 3.05) is 6.54 Å². The van der Waals surface area contributed by atoms with Crippen LogP contribution in [0, 0.1) is 17.0 Å². The molecule has 0 bridgehead atoms. The van der Waals surface area contributed by atoms with Crippen molar-refractivity contribution in [3.8, 4) is 0 Å². The fraction of sp³-hybridized carbons (Fsp3) is 0.235. The van der Waals surface area contributed by atoms with Gasteiger partial charge in [0.05, 0.1) is 16.7 Å². The van der Waals surface area contributed by atoms with Crippen molar-refractivity contribution < 1.29 is 31.5 Å². The summed E-state index contributed by atoms with van der Waals surface area (Å²) in [5, 5.41) is 5.85. The van der Waals surface area contributed by atoms with Crippen LogP contribution in [0.1, 0.15) is 47.9 Å². The van der Waals surface area contributed by atoms with Crippen molar-refractivity contribution >= 4 is 23.3 Å². The Morgan fingerprint density at radius 1 is 0.909 bits per heavy atom. The van der Waals surface area contributed by atoms with E-state index in [0.29, 0.717) is 28.7 Å². The molecule has 3 aliphatic carbocycles. The topological polar surface area (TPSA) is 67.9 Å². The SMILES string of the molecule is NCCCC1(c2ccccc2)OC(c2cc(F)ccc2F)=NN1C1=C(C2(C(F)(F)F)CC2)C(=O)C2=Cc3ccccc3C2=C1. The number of carbonyl (C=O) groups is 1. The number of ketones is 1. The molecule has 3 aromatic rings. The molecule has 1 unspecified atom stereocenters. The second kappa shape index (κ2) is 9.99. The number of carbonyl (C=O) groups excluding carboxylic acids is 1. The minimum absolute atomic E-state index is 0.0960. The minimum Gasteiger partial charge on any atom is -0.443 e. The van der Waals surface area contributed by atoms with E-state index in [0.717, 1.165) is 18.2 Å². The van der Waals surface area contributed by atoms with E-state index in [4.69, 9.17) is 10.5 Å². The summed E-state index contributed by atoms with van der Waals surface area (Å²) in [7, 11) is 0. The Labute approximate surface area is 249 Å². The highest BCUT2D eigenvalue weighted by Crippen LogP contribution is 2.65. The maximum atomic E-state index is 15.1. The third-order valence-electron chi connectivity index (χ3n) is 8.75. The number of hydrogen-bond donors (Lipinski definition) is 1. The van der Waals surface area contributed by atoms with Crippen LogP contribution in [0.25, 0.3) is 11.6 Å². The fourth-order valence-corrected chi connectivity index (χ4v) is 6.42. The van der Waals surface area contributed by atoms with E-state index < -0.39 is 40.3 Å². The van der Waals surface area contributed by atoms with Crippen LogP contribution in [0.4, 0.5) is 22.0 Å². The Morgan fingerprint density at radius 2 is 1.64 bits per heavy atom. The first-order valence-corrected chi connectivity index (χ1v) is 14.3. The van der Waals surface area contributed by atoms with Gasteiger partial charge in [0.1, 0.15) is 11.6 Å². The van der Waals surface area contributed by atoms with Gasteiger partial charge in [-0.2, -0.15) is 13.2 Å². The number of alkyl halides is 3. The van der Waals surface area contributed by atoms with Crippen LogP contribution in [0.5, 0.6) is 0 Å². The molecule has 0 spiro atoms. The van der Waals surface area contributed by atoms with Gasteiger partial charge in [0.2, 0.25) is 11.6 Å². The molecule has 4 aliphatic rings. The Kier molecular flexibility index (Phi) is 6.40. The summed E-state index contributed by atoms with van der Waals surface area (Å²) >= 11 is 0. The van der Waals surface area contributed by atoms with Gasteiger partial charge in [-0.1, -0.05) is 54.6 Å². The highest BCUT2D eigenvalue weighted by molar-refractivity contribution is 6.27. The lowest BCUT2D eigenvalue weighted by Crippen LogP contribution is -2.44. The molecule has 5 nitrogen and oxygen atoms in total. The van der Waals surface area contributed by atoms with Gasteiger partial charge in [0.15, 0.2) is 5.78 Å². The van der Waals surface area contributed by atoms with Gasteiger partial charge >= 0.3 is 6.18 Å². The number of fused-ring (bicyclic) bond motifs is 3. The molecule has 10 heteroatoms. The fourth-order valence-electron chi connectivity index (χ4n) is 6.42. The number of allylic oxidation sites excluding steroid dienone is 4. The third-order valence-corrected chi connectivity index (χ3v) is 8.75. The van der Waals surface area contributed by atoms with Gasteiger partial charge in [-0.3, -0.25) is 4.79 Å². The summed E-state index contributed by atoms with van der Waals surface area (Å²) in [5.74, 6) is -2.65. The Bertz CT molecular complexity index is 1820. The molecule has 0 amide bonds. The number of hydrogen-bond acceptors (Lipinski definition) is 5. The number of hydrazone groups is 1. The van der Waals surface area contributed by atoms with Gasteiger partial charge in [-0.05, 0) is 72.9 Å². The van der Waals surface area contributed by atoms with Crippen LogP contribution in [-0.2, 0) is 15.3 Å². The van der Waals surface area contributed by atoms with E-state index in [-0.39, 0.29) is 48.5 Å². The minimum atomic E-state index is -4.73. The number of halogens is 5. The van der Waals surface area contributed by atoms with Gasteiger partial charge in [-0.15, -0.1) is 5.10 Å². The Morgan fingerprint density at radius 3 is 2.34 bits per heavy atom. The monoisotopic (exact) mass is 603 g/mol. The zero-order valence-electron chi connectivity index (χ0n) is 23.3. The van der Waals surface area contributed by atoms with E-state index in [1.54, 1.807) is 66.7 Å². The molecule has 7 rings (SSSR count). The first-order chi connectivity index (χ1) is 21.1. The average molecular weight is 604 g/mol. The highest BCUT2D eigenvalue weighted by atomic mass is 19.4. The van der Waals surface area contributed by atoms with E-state index in [2.05, 4.69) is 5.10 Å². The van der Waals surface area contributed by atoms with Crippen molar-refractivity contribution in [2.45, 2.75) is 37.6 Å². The molecular formula is C34H26F5N3O2. The zero-order chi connectivity index (χ0) is 30.9. The molecule has 224 valence electrons. The normalized spacial score (nSPS) is 21.8. The quantitative estimate of drug-likeness (QED) is 0.290. The van der Waals surface area contributed by atoms with Crippen molar-refractivity contribution in [1.82, 2.24) is 5.01 Å². The molecule has 1 atom stereocenters. The summed E-state index contributed by atoms with van der Waals surface area (Å²) in [4.78, 5) is 14.3. The standard InChI is InChI=1S/C34H26F5N3O2/c35-22-11-12-27(36)26(18-22)31-41-42(33(44-31,13-6-16-40)21-8-2-1-3-9-21)28-19-24-23-10-5-4-7-20(23)17-25(24)30(43)29(28)32(14-15-32)34(37,38)39/h1-5,7-12,17-19H,6,13-16,40H2. The number of benzene rings is 3. The first kappa shape index (κ1) is 28.2. The molecular weight excluding hydrogens is 577 g/mol. The molecule has 0 aromatic heterocycles. The highest BCUT2D eigenvalue weighted by Gasteiger charge is 2.69. The molecule has 1 heterocycles. The second-order valence-corrected chi connectivity index (χ2v) is 11.4. The van der Waals surface area contributed by atoms with E-state index in [1.807, 2.05) is 0 Å². The van der Waals surface area contributed by atoms with E-state index in [9.17, 15) is 22.4 Å². The molecule has 1 aliphatic heterocycles. The van der Waals surface area contributed by atoms with Crippen LogP contribution < -0.4 is 5.73 Å². The second-order valence-electron chi connectivity index (χ2n) is 11.4. The van der Waals surface area contributed by atoms with Gasteiger partial charge in [-0.25, -0.2) is 13.8 Å². The van der Waals surface area contributed by atoms with E-state index >= 15 is 4.39 Å². The summed E-state index contributed by atoms with van der Waals surface area (Å²) in [5.41, 5.74) is 3.58. The molecule has 3 aromatic carbocycles. The first-order valence-electron chi connectivity index (χ1n) is 14.3. The predicted molar refractivity (Wildman–Crippen MR) is 154 cm³/mol. The van der Waals surface area contributed by atoms with Gasteiger partial charge < -0.3 is 10.5 Å². The van der Waals surface area contributed by atoms with Crippen LogP contribution >= 0.6 is 0 Å². The van der Waals surface area contributed by atoms with Crippen molar-refractivity contribution in [3.63, 3.8) is 0 Å². The number of Topliss-reactive ketones (excluding diaryl/α,β-unsaturated/α-hetero) is 1. The number of rotatable bonds is 7. The van der Waals surface area contributed by atoms with Crippen LogP contribution in [0.3, 0.4) is 0 Å². The lowest BCUT2D eigenvalue weighted by Gasteiger charge is -2.40. The number of nitrogens with zero attached hydrogens (tertiary/aromatic N) is 2. The van der Waals surface area contributed by atoms with Crippen molar-refractivity contribution in [1.29, 1.82) is 0 Å². The summed E-state index contributed by atoms with van der Waals surface area (Å²) in [6.45, 7) is 0.202. The maximum absolute atomic E-state index is 15.1. The molecule has 1 fully saturated rings. The number of nitrogens with two attached hydrogens (primary N) is 1. The third kappa shape index (κ3) is 4.15. The summed E-state index contributed by atoms with van der Waals surface area (Å²) in [6.07, 6.45) is -1.64. The molecule has 0 radical (unpaired) electrons. The van der Waals surface area contributed by atoms with Crippen LogP contribution in [0.2, 0.25) is 0 Å². The number of ether oxygens (including phenoxy) is 1. The van der Waals surface area contributed by atoms with Crippen LogP contribution in [0.15, 0.2) is 101 Å². The average Bonchev–Trinajstić information content (AvgIpc) is 3.61. The molecule has 1 saturated carbocycles. The Balaban J connectivity index is 1.54. The molecule has 0 saturated heterocycles. The van der Waals surface area contributed by atoms with Crippen molar-refractivity contribution in [3.05, 3.63) is 130 Å². The zero-order valence-corrected chi connectivity index (χ0v) is 23.3. The molecule has 2 N–H and O–H groups in total. The van der Waals surface area contributed by atoms with Gasteiger partial charge in [0.25, 0.3) is 0 Å². The van der Waals surface area contributed by atoms with E-state index in [1.165, 1.54) is 5.01 Å². The Hall–Kier alpha value is -4.57. The summed E-state index contributed by atoms with van der Waals surface area (Å²) < 4.78 is 80.5. The van der Waals surface area contributed by atoms with Crippen LogP contribution in [-0.4, -0.2) is 29.4 Å². The maximum Gasteiger partial charge on any atom is 0.398 e.